The van der Waals surface area contributed by atoms with E-state index in [2.05, 4.69) is 21.2 Å². The van der Waals surface area contributed by atoms with E-state index >= 15 is 0 Å². The number of carbonyl (C=O) groups is 1. The van der Waals surface area contributed by atoms with Crippen LogP contribution >= 0.6 is 15.9 Å². The van der Waals surface area contributed by atoms with Gasteiger partial charge >= 0.3 is 0 Å². The second-order valence-electron chi connectivity index (χ2n) is 5.19. The van der Waals surface area contributed by atoms with E-state index in [0.29, 0.717) is 11.7 Å². The first-order chi connectivity index (χ1) is 9.61. The molecule has 4 nitrogen and oxygen atoms in total. The van der Waals surface area contributed by atoms with Crippen LogP contribution in [0.5, 0.6) is 5.75 Å². The molecule has 5 heteroatoms. The molecular formula is C15H21BrN2O2. The lowest BCUT2D eigenvalue weighted by Crippen LogP contribution is -2.39. The quantitative estimate of drug-likeness (QED) is 0.894. The highest BCUT2D eigenvalue weighted by Crippen LogP contribution is 2.25. The van der Waals surface area contributed by atoms with Gasteiger partial charge in [0.2, 0.25) is 0 Å². The third kappa shape index (κ3) is 3.73. The fourth-order valence-electron chi connectivity index (χ4n) is 2.53. The van der Waals surface area contributed by atoms with E-state index in [1.54, 1.807) is 0 Å². The fraction of sp³-hybridized carbons (Fsp3) is 0.533. The maximum absolute atomic E-state index is 12.4. The maximum atomic E-state index is 12.4. The number of nitrogens with one attached hydrogen (secondary N) is 1. The predicted molar refractivity (Wildman–Crippen MR) is 82.8 cm³/mol. The molecule has 1 amide bonds. The molecule has 1 aromatic carbocycles. The molecule has 0 spiro atoms. The molecule has 0 radical (unpaired) electrons. The molecular weight excluding hydrogens is 320 g/mol. The number of benzene rings is 1. The number of hydrogen-bond acceptors (Lipinski definition) is 3. The van der Waals surface area contributed by atoms with Crippen molar-refractivity contribution in [2.45, 2.75) is 19.4 Å². The molecule has 1 fully saturated rings. The highest BCUT2D eigenvalue weighted by molar-refractivity contribution is 9.10. The third-order valence-corrected chi connectivity index (χ3v) is 4.23. The summed E-state index contributed by atoms with van der Waals surface area (Å²) < 4.78 is 6.63. The van der Waals surface area contributed by atoms with Crippen molar-refractivity contribution in [1.29, 1.82) is 0 Å². The van der Waals surface area contributed by atoms with Crippen molar-refractivity contribution < 1.29 is 9.53 Å². The minimum atomic E-state index is -0.456. The number of halogens is 1. The SMILES string of the molecule is CNC[C@H]1CCN(C(=O)[C@@H](C)Oc2ccccc2Br)C1. The number of para-hydroxylation sites is 1. The maximum Gasteiger partial charge on any atom is 0.263 e. The van der Waals surface area contributed by atoms with Crippen LogP contribution in [0.4, 0.5) is 0 Å². The fourth-order valence-corrected chi connectivity index (χ4v) is 2.90. The first kappa shape index (κ1) is 15.3. The first-order valence-corrected chi connectivity index (χ1v) is 7.75. The molecule has 0 bridgehead atoms. The Hall–Kier alpha value is -1.07. The zero-order valence-electron chi connectivity index (χ0n) is 11.9. The average Bonchev–Trinajstić information content (AvgIpc) is 2.89. The Morgan fingerprint density at radius 1 is 1.55 bits per heavy atom. The van der Waals surface area contributed by atoms with Crippen molar-refractivity contribution in [1.82, 2.24) is 10.2 Å². The molecule has 2 rings (SSSR count). The van der Waals surface area contributed by atoms with E-state index in [4.69, 9.17) is 4.74 Å². The molecule has 20 heavy (non-hydrogen) atoms. The van der Waals surface area contributed by atoms with Gasteiger partial charge in [-0.3, -0.25) is 4.79 Å². The lowest BCUT2D eigenvalue weighted by atomic mass is 10.1. The standard InChI is InChI=1S/C15H21BrN2O2/c1-11(20-14-6-4-3-5-13(14)16)15(19)18-8-7-12(10-18)9-17-2/h3-6,11-12,17H,7-10H2,1-2H3/t11-,12-/m1/s1. The summed E-state index contributed by atoms with van der Waals surface area (Å²) in [6.07, 6.45) is 0.607. The van der Waals surface area contributed by atoms with Gasteiger partial charge in [0.05, 0.1) is 4.47 Å². The number of likely N-dealkylation sites (tertiary alicyclic amines) is 1. The molecule has 1 aromatic rings. The summed E-state index contributed by atoms with van der Waals surface area (Å²) in [5, 5.41) is 3.17. The molecule has 0 aromatic heterocycles. The number of carbonyl (C=O) groups excluding carboxylic acids is 1. The highest BCUT2D eigenvalue weighted by atomic mass is 79.9. The summed E-state index contributed by atoms with van der Waals surface area (Å²) in [6, 6.07) is 7.59. The van der Waals surface area contributed by atoms with Crippen molar-refractivity contribution in [3.05, 3.63) is 28.7 Å². The van der Waals surface area contributed by atoms with Gasteiger partial charge in [0.1, 0.15) is 5.75 Å². The number of hydrogen-bond donors (Lipinski definition) is 1. The Morgan fingerprint density at radius 2 is 2.30 bits per heavy atom. The van der Waals surface area contributed by atoms with Gasteiger partial charge < -0.3 is 15.0 Å². The van der Waals surface area contributed by atoms with Crippen LogP contribution in [0.15, 0.2) is 28.7 Å². The Labute approximate surface area is 128 Å². The van der Waals surface area contributed by atoms with Gasteiger partial charge in [-0.25, -0.2) is 0 Å². The van der Waals surface area contributed by atoms with Crippen LogP contribution in [0.3, 0.4) is 0 Å². The van der Waals surface area contributed by atoms with Crippen LogP contribution in [-0.2, 0) is 4.79 Å². The van der Waals surface area contributed by atoms with Crippen molar-refractivity contribution in [3.8, 4) is 5.75 Å². The van der Waals surface area contributed by atoms with Gasteiger partial charge in [0.25, 0.3) is 5.91 Å². The normalized spacial score (nSPS) is 19.9. The Morgan fingerprint density at radius 3 is 3.00 bits per heavy atom. The highest BCUT2D eigenvalue weighted by Gasteiger charge is 2.29. The minimum Gasteiger partial charge on any atom is -0.480 e. The topological polar surface area (TPSA) is 41.6 Å². The van der Waals surface area contributed by atoms with Crippen LogP contribution in [0.2, 0.25) is 0 Å². The Bertz CT molecular complexity index is 467. The lowest BCUT2D eigenvalue weighted by molar-refractivity contribution is -0.137. The molecule has 110 valence electrons. The van der Waals surface area contributed by atoms with E-state index in [1.165, 1.54) is 0 Å². The number of rotatable bonds is 5. The molecule has 1 aliphatic heterocycles. The van der Waals surface area contributed by atoms with Crippen LogP contribution in [-0.4, -0.2) is 43.6 Å². The van der Waals surface area contributed by atoms with E-state index in [9.17, 15) is 4.79 Å². The van der Waals surface area contributed by atoms with Crippen LogP contribution in [0.25, 0.3) is 0 Å². The Kier molecular flexibility index (Phi) is 5.43. The van der Waals surface area contributed by atoms with E-state index in [1.807, 2.05) is 43.1 Å². The molecule has 0 unspecified atom stereocenters. The summed E-state index contributed by atoms with van der Waals surface area (Å²) >= 11 is 3.43. The van der Waals surface area contributed by atoms with Gasteiger partial charge in [-0.15, -0.1) is 0 Å². The van der Waals surface area contributed by atoms with Crippen LogP contribution in [0.1, 0.15) is 13.3 Å². The van der Waals surface area contributed by atoms with Gasteiger partial charge in [-0.1, -0.05) is 12.1 Å². The summed E-state index contributed by atoms with van der Waals surface area (Å²) in [6.45, 7) is 4.43. The van der Waals surface area contributed by atoms with Gasteiger partial charge in [0.15, 0.2) is 6.10 Å². The zero-order chi connectivity index (χ0) is 14.5. The van der Waals surface area contributed by atoms with E-state index in [0.717, 1.165) is 30.5 Å². The smallest absolute Gasteiger partial charge is 0.263 e. The van der Waals surface area contributed by atoms with E-state index < -0.39 is 6.10 Å². The summed E-state index contributed by atoms with van der Waals surface area (Å²) in [7, 11) is 1.95. The van der Waals surface area contributed by atoms with Gasteiger partial charge in [-0.2, -0.15) is 0 Å². The second-order valence-corrected chi connectivity index (χ2v) is 6.04. The number of nitrogens with zero attached hydrogens (tertiary/aromatic N) is 1. The van der Waals surface area contributed by atoms with Crippen LogP contribution in [0, 0.1) is 5.92 Å². The third-order valence-electron chi connectivity index (χ3n) is 3.58. The molecule has 1 saturated heterocycles. The van der Waals surface area contributed by atoms with Crippen molar-refractivity contribution in [2.24, 2.45) is 5.92 Å². The van der Waals surface area contributed by atoms with Crippen molar-refractivity contribution >= 4 is 21.8 Å². The molecule has 1 N–H and O–H groups in total. The lowest BCUT2D eigenvalue weighted by Gasteiger charge is -2.22. The predicted octanol–water partition coefficient (Wildman–Crippen LogP) is 2.28. The monoisotopic (exact) mass is 340 g/mol. The summed E-state index contributed by atoms with van der Waals surface area (Å²) in [5.74, 6) is 1.33. The second kappa shape index (κ2) is 7.09. The average molecular weight is 341 g/mol. The zero-order valence-corrected chi connectivity index (χ0v) is 13.5. The largest absolute Gasteiger partial charge is 0.480 e. The van der Waals surface area contributed by atoms with Gasteiger partial charge in [-0.05, 0) is 60.9 Å². The Balaban J connectivity index is 1.91. The first-order valence-electron chi connectivity index (χ1n) is 6.96. The van der Waals surface area contributed by atoms with Crippen molar-refractivity contribution in [3.63, 3.8) is 0 Å². The summed E-state index contributed by atoms with van der Waals surface area (Å²) in [4.78, 5) is 14.3. The minimum absolute atomic E-state index is 0.0688. The molecule has 0 aliphatic carbocycles. The molecule has 1 heterocycles. The number of amides is 1. The molecule has 0 saturated carbocycles. The summed E-state index contributed by atoms with van der Waals surface area (Å²) in [5.41, 5.74) is 0. The molecule has 1 aliphatic rings. The number of ether oxygens (including phenoxy) is 1. The van der Waals surface area contributed by atoms with Gasteiger partial charge in [0, 0.05) is 13.1 Å². The molecule has 2 atom stereocenters. The van der Waals surface area contributed by atoms with E-state index in [-0.39, 0.29) is 5.91 Å². The van der Waals surface area contributed by atoms with Crippen LogP contribution < -0.4 is 10.1 Å². The van der Waals surface area contributed by atoms with Crippen molar-refractivity contribution in [2.75, 3.05) is 26.7 Å².